The van der Waals surface area contributed by atoms with Gasteiger partial charge in [-0.1, -0.05) is 11.6 Å². The van der Waals surface area contributed by atoms with E-state index in [9.17, 15) is 4.79 Å². The molecule has 1 amide bonds. The van der Waals surface area contributed by atoms with Gasteiger partial charge in [-0.2, -0.15) is 0 Å². The molecule has 21 heavy (non-hydrogen) atoms. The van der Waals surface area contributed by atoms with Gasteiger partial charge in [-0.3, -0.25) is 4.79 Å². The van der Waals surface area contributed by atoms with Crippen molar-refractivity contribution in [3.05, 3.63) is 35.2 Å². The number of carbonyl (C=O) groups excluding carboxylic acids is 1. The van der Waals surface area contributed by atoms with Crippen molar-refractivity contribution in [1.29, 1.82) is 0 Å². The maximum absolute atomic E-state index is 11.9. The molecule has 0 saturated carbocycles. The van der Waals surface area contributed by atoms with Crippen LogP contribution in [0.4, 0.5) is 0 Å². The van der Waals surface area contributed by atoms with E-state index >= 15 is 0 Å². The molecule has 3 rings (SSSR count). The van der Waals surface area contributed by atoms with E-state index < -0.39 is 0 Å². The van der Waals surface area contributed by atoms with Crippen molar-refractivity contribution in [1.82, 2.24) is 19.6 Å². The lowest BCUT2D eigenvalue weighted by Crippen LogP contribution is -2.30. The van der Waals surface area contributed by atoms with Crippen molar-refractivity contribution in [2.45, 2.75) is 25.8 Å². The molecule has 0 aromatic carbocycles. The molecule has 112 valence electrons. The summed E-state index contributed by atoms with van der Waals surface area (Å²) in [5, 5.41) is 3.97. The van der Waals surface area contributed by atoms with Crippen LogP contribution < -0.4 is 5.32 Å². The molecule has 1 saturated heterocycles. The highest BCUT2D eigenvalue weighted by Gasteiger charge is 2.16. The second-order valence-electron chi connectivity index (χ2n) is 5.36. The number of nitrogens with one attached hydrogen (secondary N) is 1. The van der Waals surface area contributed by atoms with E-state index in [0.29, 0.717) is 24.5 Å². The highest BCUT2D eigenvalue weighted by atomic mass is 35.5. The van der Waals surface area contributed by atoms with Crippen molar-refractivity contribution >= 4 is 23.2 Å². The number of amides is 1. The number of hydrogen-bond acceptors (Lipinski definition) is 3. The third kappa shape index (κ3) is 3.54. The highest BCUT2D eigenvalue weighted by Crippen LogP contribution is 2.12. The Morgan fingerprint density at radius 3 is 2.90 bits per heavy atom. The summed E-state index contributed by atoms with van der Waals surface area (Å²) >= 11 is 5.95. The van der Waals surface area contributed by atoms with Crippen molar-refractivity contribution in [2.75, 3.05) is 19.6 Å². The number of rotatable bonds is 5. The maximum atomic E-state index is 11.9. The molecule has 5 nitrogen and oxygen atoms in total. The number of imidazole rings is 1. The zero-order valence-corrected chi connectivity index (χ0v) is 12.6. The summed E-state index contributed by atoms with van der Waals surface area (Å²) in [6.45, 7) is 3.19. The molecule has 1 fully saturated rings. The Balaban J connectivity index is 1.46. The van der Waals surface area contributed by atoms with Crippen molar-refractivity contribution in [3.8, 4) is 0 Å². The lowest BCUT2D eigenvalue weighted by molar-refractivity contribution is -0.130. The molecule has 1 N–H and O–H groups in total. The summed E-state index contributed by atoms with van der Waals surface area (Å²) in [5.74, 6) is 0.252. The molecule has 0 spiro atoms. The van der Waals surface area contributed by atoms with Crippen LogP contribution in [-0.4, -0.2) is 39.8 Å². The van der Waals surface area contributed by atoms with Crippen molar-refractivity contribution < 1.29 is 4.79 Å². The molecule has 3 heterocycles. The summed E-state index contributed by atoms with van der Waals surface area (Å²) in [6, 6.07) is 3.72. The maximum Gasteiger partial charge on any atom is 0.223 e. The Bertz CT molecular complexity index is 634. The average molecular weight is 307 g/mol. The highest BCUT2D eigenvalue weighted by molar-refractivity contribution is 6.30. The molecule has 0 radical (unpaired) electrons. The van der Waals surface area contributed by atoms with Gasteiger partial charge >= 0.3 is 0 Å². The molecule has 2 aromatic rings. The molecule has 1 aliphatic heterocycles. The zero-order chi connectivity index (χ0) is 14.7. The predicted molar refractivity (Wildman–Crippen MR) is 82.3 cm³/mol. The summed E-state index contributed by atoms with van der Waals surface area (Å²) < 4.78 is 1.91. The fraction of sp³-hybridized carbons (Fsp3) is 0.467. The lowest BCUT2D eigenvalue weighted by atomic mass is 10.3. The topological polar surface area (TPSA) is 49.6 Å². The van der Waals surface area contributed by atoms with Gasteiger partial charge in [0.2, 0.25) is 5.91 Å². The van der Waals surface area contributed by atoms with E-state index in [1.54, 1.807) is 0 Å². The number of likely N-dealkylation sites (tertiary alicyclic amines) is 1. The number of halogens is 1. The van der Waals surface area contributed by atoms with Gasteiger partial charge in [-0.25, -0.2) is 4.98 Å². The molecular weight excluding hydrogens is 288 g/mol. The van der Waals surface area contributed by atoms with Crippen LogP contribution in [-0.2, 0) is 11.3 Å². The number of fused-ring (bicyclic) bond motifs is 1. The largest absolute Gasteiger partial charge is 0.343 e. The second-order valence-corrected chi connectivity index (χ2v) is 5.80. The van der Waals surface area contributed by atoms with Crippen LogP contribution >= 0.6 is 11.6 Å². The molecule has 2 aromatic heterocycles. The first kappa shape index (κ1) is 14.4. The van der Waals surface area contributed by atoms with E-state index in [-0.39, 0.29) is 5.91 Å². The van der Waals surface area contributed by atoms with E-state index in [0.717, 1.165) is 37.3 Å². The molecule has 0 aliphatic carbocycles. The third-order valence-corrected chi connectivity index (χ3v) is 3.97. The molecule has 1 aliphatic rings. The Morgan fingerprint density at radius 1 is 1.29 bits per heavy atom. The van der Waals surface area contributed by atoms with E-state index in [2.05, 4.69) is 10.3 Å². The molecule has 0 bridgehead atoms. The lowest BCUT2D eigenvalue weighted by Gasteiger charge is -2.14. The Hall–Kier alpha value is -1.59. The molecule has 0 atom stereocenters. The zero-order valence-electron chi connectivity index (χ0n) is 11.9. The van der Waals surface area contributed by atoms with Crippen LogP contribution in [0.1, 0.15) is 25.0 Å². The first-order chi connectivity index (χ1) is 10.2. The molecule has 6 heteroatoms. The van der Waals surface area contributed by atoms with Gasteiger partial charge in [0.1, 0.15) is 5.65 Å². The normalized spacial score (nSPS) is 15.0. The van der Waals surface area contributed by atoms with Gasteiger partial charge in [0.15, 0.2) is 0 Å². The van der Waals surface area contributed by atoms with Crippen molar-refractivity contribution in [3.63, 3.8) is 0 Å². The Kier molecular flexibility index (Phi) is 4.41. The number of carbonyl (C=O) groups is 1. The van der Waals surface area contributed by atoms with Gasteiger partial charge in [0, 0.05) is 45.0 Å². The second kappa shape index (κ2) is 6.45. The van der Waals surface area contributed by atoms with Crippen LogP contribution in [0.15, 0.2) is 24.5 Å². The first-order valence-corrected chi connectivity index (χ1v) is 7.72. The van der Waals surface area contributed by atoms with E-state index in [1.165, 1.54) is 0 Å². The van der Waals surface area contributed by atoms with E-state index in [4.69, 9.17) is 11.6 Å². The molecule has 0 unspecified atom stereocenters. The van der Waals surface area contributed by atoms with Gasteiger partial charge in [0.25, 0.3) is 0 Å². The van der Waals surface area contributed by atoms with Gasteiger partial charge in [-0.15, -0.1) is 0 Å². The standard InChI is InChI=1S/C15H19ClN4O/c16-12-3-4-14-18-13(11-20(14)10-12)9-17-6-5-15(21)19-7-1-2-8-19/h3-4,10-11,17H,1-2,5-9H2. The van der Waals surface area contributed by atoms with Crippen LogP contribution in [0.3, 0.4) is 0 Å². The number of nitrogens with zero attached hydrogens (tertiary/aromatic N) is 3. The fourth-order valence-electron chi connectivity index (χ4n) is 2.64. The third-order valence-electron chi connectivity index (χ3n) is 3.75. The Morgan fingerprint density at radius 2 is 2.10 bits per heavy atom. The van der Waals surface area contributed by atoms with E-state index in [1.807, 2.05) is 33.8 Å². The number of hydrogen-bond donors (Lipinski definition) is 1. The summed E-state index contributed by atoms with van der Waals surface area (Å²) in [6.07, 6.45) is 6.63. The van der Waals surface area contributed by atoms with Crippen molar-refractivity contribution in [2.24, 2.45) is 0 Å². The number of aromatic nitrogens is 2. The minimum Gasteiger partial charge on any atom is -0.343 e. The van der Waals surface area contributed by atoms with Gasteiger partial charge in [-0.05, 0) is 25.0 Å². The average Bonchev–Trinajstić information content (AvgIpc) is 3.11. The smallest absolute Gasteiger partial charge is 0.223 e. The van der Waals surface area contributed by atoms with Gasteiger partial charge in [0.05, 0.1) is 10.7 Å². The van der Waals surface area contributed by atoms with Crippen LogP contribution in [0, 0.1) is 0 Å². The number of pyridine rings is 1. The SMILES string of the molecule is O=C(CCNCc1cn2cc(Cl)ccc2n1)N1CCCC1. The predicted octanol–water partition coefficient (Wildman–Crippen LogP) is 2.09. The summed E-state index contributed by atoms with van der Waals surface area (Å²) in [5.41, 5.74) is 1.83. The fourth-order valence-corrected chi connectivity index (χ4v) is 2.81. The summed E-state index contributed by atoms with van der Waals surface area (Å²) in [7, 11) is 0. The quantitative estimate of drug-likeness (QED) is 0.861. The van der Waals surface area contributed by atoms with Gasteiger partial charge < -0.3 is 14.6 Å². The summed E-state index contributed by atoms with van der Waals surface area (Å²) in [4.78, 5) is 18.3. The monoisotopic (exact) mass is 306 g/mol. The Labute approximate surface area is 128 Å². The minimum absolute atomic E-state index is 0.252. The van der Waals surface area contributed by atoms with Crippen LogP contribution in [0.2, 0.25) is 5.02 Å². The molecular formula is C15H19ClN4O. The minimum atomic E-state index is 0.252. The van der Waals surface area contributed by atoms with Crippen LogP contribution in [0.25, 0.3) is 5.65 Å². The van der Waals surface area contributed by atoms with Crippen LogP contribution in [0.5, 0.6) is 0 Å². The first-order valence-electron chi connectivity index (χ1n) is 7.34.